The third kappa shape index (κ3) is 5.97. The fourth-order valence-corrected chi connectivity index (χ4v) is 3.81. The Hall–Kier alpha value is -3.69. The Balaban J connectivity index is 1.78. The quantitative estimate of drug-likeness (QED) is 0.273. The van der Waals surface area contributed by atoms with E-state index < -0.39 is 17.6 Å². The van der Waals surface area contributed by atoms with Gasteiger partial charge in [-0.15, -0.1) is 0 Å². The minimum Gasteiger partial charge on any atom is -0.426 e. The number of rotatable bonds is 8. The van der Waals surface area contributed by atoms with Crippen molar-refractivity contribution in [1.82, 2.24) is 10.2 Å². The van der Waals surface area contributed by atoms with Gasteiger partial charge < -0.3 is 24.1 Å². The summed E-state index contributed by atoms with van der Waals surface area (Å²) in [7, 11) is 0. The number of nitrogens with zero attached hydrogens (tertiary/aromatic N) is 1. The van der Waals surface area contributed by atoms with Gasteiger partial charge in [0.05, 0.1) is 17.4 Å². The first-order valence-corrected chi connectivity index (χ1v) is 10.7. The second-order valence-electron chi connectivity index (χ2n) is 7.84. The van der Waals surface area contributed by atoms with Crippen LogP contribution in [0.15, 0.2) is 21.3 Å². The topological polar surface area (TPSA) is 132 Å². The number of hydrogen-bond donors (Lipinski definition) is 1. The van der Waals surface area contributed by atoms with Crippen molar-refractivity contribution < 1.29 is 33.1 Å². The molecule has 10 nitrogen and oxygen atoms in total. The zero-order valence-electron chi connectivity index (χ0n) is 18.8. The molecule has 0 bridgehead atoms. The second-order valence-corrected chi connectivity index (χ2v) is 7.84. The highest BCUT2D eigenvalue weighted by Crippen LogP contribution is 2.34. The molecule has 10 heteroatoms. The smallest absolute Gasteiger partial charge is 0.340 e. The lowest BCUT2D eigenvalue weighted by atomic mass is 10.0. The molecule has 0 radical (unpaired) electrons. The number of likely N-dealkylation sites (tertiary alicyclic amines) is 1. The monoisotopic (exact) mass is 458 g/mol. The van der Waals surface area contributed by atoms with Gasteiger partial charge in [0, 0.05) is 52.0 Å². The number of carbonyl (C=O) groups is 4. The molecule has 2 heterocycles. The van der Waals surface area contributed by atoms with Gasteiger partial charge in [0.2, 0.25) is 11.8 Å². The zero-order chi connectivity index (χ0) is 24.1. The van der Waals surface area contributed by atoms with Crippen LogP contribution in [0.2, 0.25) is 0 Å². The van der Waals surface area contributed by atoms with E-state index in [2.05, 4.69) is 5.32 Å². The molecule has 2 amide bonds. The molecule has 2 aromatic rings. The molecule has 0 unspecified atom stereocenters. The van der Waals surface area contributed by atoms with E-state index in [0.717, 1.165) is 13.0 Å². The van der Waals surface area contributed by atoms with Crippen LogP contribution in [0.4, 0.5) is 0 Å². The molecule has 176 valence electrons. The number of hydrogen-bond acceptors (Lipinski definition) is 8. The minimum absolute atomic E-state index is 0.0504. The van der Waals surface area contributed by atoms with Crippen LogP contribution in [-0.2, 0) is 25.6 Å². The van der Waals surface area contributed by atoms with Gasteiger partial charge in [-0.2, -0.15) is 0 Å². The summed E-state index contributed by atoms with van der Waals surface area (Å²) >= 11 is 0. The van der Waals surface area contributed by atoms with E-state index in [1.165, 1.54) is 26.0 Å². The second kappa shape index (κ2) is 10.3. The van der Waals surface area contributed by atoms with Crippen LogP contribution in [0, 0.1) is 6.92 Å². The Morgan fingerprint density at radius 2 is 1.85 bits per heavy atom. The van der Waals surface area contributed by atoms with Crippen LogP contribution >= 0.6 is 0 Å². The van der Waals surface area contributed by atoms with Gasteiger partial charge in [-0.25, -0.2) is 4.79 Å². The first-order valence-electron chi connectivity index (χ1n) is 10.7. The number of nitrogens with one attached hydrogen (secondary N) is 1. The third-order valence-electron chi connectivity index (χ3n) is 5.27. The fourth-order valence-electron chi connectivity index (χ4n) is 3.81. The van der Waals surface area contributed by atoms with Crippen LogP contribution in [0.25, 0.3) is 11.0 Å². The predicted octanol–water partition coefficient (Wildman–Crippen LogP) is 1.62. The lowest BCUT2D eigenvalue weighted by Gasteiger charge is -2.15. The predicted molar refractivity (Wildman–Crippen MR) is 117 cm³/mol. The first kappa shape index (κ1) is 24.0. The van der Waals surface area contributed by atoms with Gasteiger partial charge in [-0.3, -0.25) is 19.2 Å². The molecule has 1 aromatic heterocycles. The van der Waals surface area contributed by atoms with Gasteiger partial charge in [-0.05, 0) is 25.3 Å². The molecule has 3 rings (SSSR count). The molecule has 1 aliphatic heterocycles. The molecule has 0 spiro atoms. The highest BCUT2D eigenvalue weighted by atomic mass is 16.5. The van der Waals surface area contributed by atoms with Crippen LogP contribution in [-0.4, -0.2) is 48.3 Å². The molecule has 1 aliphatic rings. The Morgan fingerprint density at radius 1 is 1.12 bits per heavy atom. The maximum Gasteiger partial charge on any atom is 0.340 e. The van der Waals surface area contributed by atoms with E-state index in [1.807, 2.05) is 0 Å². The Morgan fingerprint density at radius 3 is 2.48 bits per heavy atom. The number of ether oxygens (including phenoxy) is 2. The largest absolute Gasteiger partial charge is 0.426 e. The van der Waals surface area contributed by atoms with E-state index >= 15 is 0 Å². The number of amides is 2. The molecule has 0 saturated carbocycles. The average Bonchev–Trinajstić information content (AvgIpc) is 3.12. The number of aryl methyl sites for hydroxylation is 1. The van der Waals surface area contributed by atoms with Gasteiger partial charge in [0.1, 0.15) is 17.1 Å². The van der Waals surface area contributed by atoms with Gasteiger partial charge >= 0.3 is 17.6 Å². The van der Waals surface area contributed by atoms with E-state index in [0.29, 0.717) is 36.9 Å². The summed E-state index contributed by atoms with van der Waals surface area (Å²) in [4.78, 5) is 61.3. The normalized spacial score (nSPS) is 13.3. The van der Waals surface area contributed by atoms with Crippen molar-refractivity contribution in [1.29, 1.82) is 0 Å². The Kier molecular flexibility index (Phi) is 7.47. The number of fused-ring (bicyclic) bond motifs is 1. The van der Waals surface area contributed by atoms with Crippen molar-refractivity contribution >= 4 is 34.7 Å². The Labute approximate surface area is 189 Å². The highest BCUT2D eigenvalue weighted by molar-refractivity contribution is 5.92. The van der Waals surface area contributed by atoms with Crippen LogP contribution in [0.5, 0.6) is 11.5 Å². The number of carbonyl (C=O) groups excluding carboxylic acids is 4. The molecule has 1 saturated heterocycles. The summed E-state index contributed by atoms with van der Waals surface area (Å²) in [6.45, 7) is 5.73. The molecule has 1 aromatic carbocycles. The first-order chi connectivity index (χ1) is 15.7. The number of benzene rings is 1. The molecular weight excluding hydrogens is 432 g/mol. The lowest BCUT2D eigenvalue weighted by molar-refractivity contribution is -0.132. The van der Waals surface area contributed by atoms with Crippen molar-refractivity contribution in [2.75, 3.05) is 19.6 Å². The molecule has 1 fully saturated rings. The minimum atomic E-state index is -0.716. The van der Waals surface area contributed by atoms with E-state index in [4.69, 9.17) is 13.9 Å². The van der Waals surface area contributed by atoms with Crippen molar-refractivity contribution in [3.05, 3.63) is 33.7 Å². The maximum atomic E-state index is 12.6. The van der Waals surface area contributed by atoms with Crippen molar-refractivity contribution in [2.45, 2.75) is 46.5 Å². The molecule has 1 N–H and O–H groups in total. The van der Waals surface area contributed by atoms with Crippen molar-refractivity contribution in [2.24, 2.45) is 0 Å². The SMILES string of the molecule is CC(=O)Oc1cc(OC(C)=O)c2c(C)c(CC(=O)NCCCN3CCCC3=O)c(=O)oc2c1. The lowest BCUT2D eigenvalue weighted by Crippen LogP contribution is -2.32. The number of esters is 2. The molecule has 0 atom stereocenters. The summed E-state index contributed by atoms with van der Waals surface area (Å²) < 4.78 is 15.6. The average molecular weight is 458 g/mol. The van der Waals surface area contributed by atoms with Gasteiger partial charge in [0.15, 0.2) is 0 Å². The molecule has 33 heavy (non-hydrogen) atoms. The van der Waals surface area contributed by atoms with Crippen LogP contribution in [0.1, 0.15) is 44.2 Å². The summed E-state index contributed by atoms with van der Waals surface area (Å²) in [5.74, 6) is -1.35. The van der Waals surface area contributed by atoms with Crippen molar-refractivity contribution in [3.63, 3.8) is 0 Å². The van der Waals surface area contributed by atoms with Crippen LogP contribution in [0.3, 0.4) is 0 Å². The Bertz CT molecular complexity index is 1170. The van der Waals surface area contributed by atoms with E-state index in [1.54, 1.807) is 11.8 Å². The summed E-state index contributed by atoms with van der Waals surface area (Å²) in [6.07, 6.45) is 1.82. The summed E-state index contributed by atoms with van der Waals surface area (Å²) in [5.41, 5.74) is -0.105. The van der Waals surface area contributed by atoms with Crippen molar-refractivity contribution in [3.8, 4) is 11.5 Å². The highest BCUT2D eigenvalue weighted by Gasteiger charge is 2.21. The standard InChI is InChI=1S/C23H26N2O8/c1-13-17(12-20(28)24-7-5-9-25-8-4-6-21(25)29)23(30)33-19-11-16(31-14(2)26)10-18(22(13)19)32-15(3)27/h10-11H,4-9,12H2,1-3H3,(H,24,28). The van der Waals surface area contributed by atoms with E-state index in [9.17, 15) is 24.0 Å². The van der Waals surface area contributed by atoms with E-state index in [-0.39, 0.29) is 40.9 Å². The van der Waals surface area contributed by atoms with Gasteiger partial charge in [0.25, 0.3) is 0 Å². The third-order valence-corrected chi connectivity index (χ3v) is 5.27. The zero-order valence-corrected chi connectivity index (χ0v) is 18.8. The maximum absolute atomic E-state index is 12.6. The summed E-state index contributed by atoms with van der Waals surface area (Å²) in [5, 5.41) is 3.08. The van der Waals surface area contributed by atoms with Crippen LogP contribution < -0.4 is 20.4 Å². The fraction of sp³-hybridized carbons (Fsp3) is 0.435. The molecular formula is C23H26N2O8. The summed E-state index contributed by atoms with van der Waals surface area (Å²) in [6, 6.07) is 2.70. The molecule has 0 aliphatic carbocycles. The van der Waals surface area contributed by atoms with Gasteiger partial charge in [-0.1, -0.05) is 0 Å².